The van der Waals surface area contributed by atoms with Crippen LogP contribution in [0.25, 0.3) is 11.3 Å². The van der Waals surface area contributed by atoms with Crippen LogP contribution in [0, 0.1) is 12.7 Å². The fraction of sp³-hybridized carbons (Fsp3) is 0.250. The lowest BCUT2D eigenvalue weighted by Crippen LogP contribution is -2.37. The summed E-state index contributed by atoms with van der Waals surface area (Å²) in [5.41, 5.74) is 8.65. The van der Waals surface area contributed by atoms with Gasteiger partial charge in [-0.25, -0.2) is 19.3 Å². The van der Waals surface area contributed by atoms with Gasteiger partial charge in [0.1, 0.15) is 0 Å². The van der Waals surface area contributed by atoms with Gasteiger partial charge in [0, 0.05) is 12.0 Å². The smallest absolute Gasteiger partial charge is 0.255 e. The Kier molecular flexibility index (Phi) is 4.90. The fourth-order valence-corrected chi connectivity index (χ4v) is 3.57. The first-order valence-electron chi connectivity index (χ1n) is 9.09. The van der Waals surface area contributed by atoms with E-state index in [1.54, 1.807) is 13.0 Å². The summed E-state index contributed by atoms with van der Waals surface area (Å²) in [5, 5.41) is 2.94. The van der Waals surface area contributed by atoms with Crippen molar-refractivity contribution in [3.8, 4) is 22.9 Å². The van der Waals surface area contributed by atoms with E-state index in [2.05, 4.69) is 25.3 Å². The van der Waals surface area contributed by atoms with E-state index in [1.165, 1.54) is 32.7 Å². The Bertz CT molecular complexity index is 1150. The van der Waals surface area contributed by atoms with Crippen LogP contribution in [0.15, 0.2) is 24.5 Å². The highest BCUT2D eigenvalue weighted by Crippen LogP contribution is 2.36. The van der Waals surface area contributed by atoms with Crippen LogP contribution in [0.3, 0.4) is 0 Å². The van der Waals surface area contributed by atoms with Crippen LogP contribution in [0.1, 0.15) is 33.4 Å². The molecule has 9 nitrogen and oxygen atoms in total. The van der Waals surface area contributed by atoms with Crippen molar-refractivity contribution in [2.45, 2.75) is 19.4 Å². The number of carbonyl (C=O) groups excluding carboxylic acids is 1. The van der Waals surface area contributed by atoms with E-state index in [1.807, 2.05) is 0 Å². The maximum absolute atomic E-state index is 14.6. The van der Waals surface area contributed by atoms with E-state index < -0.39 is 11.9 Å². The maximum atomic E-state index is 14.6. The summed E-state index contributed by atoms with van der Waals surface area (Å²) in [6, 6.07) is 2.33. The van der Waals surface area contributed by atoms with Gasteiger partial charge in [0.25, 0.3) is 5.91 Å². The van der Waals surface area contributed by atoms with E-state index in [0.717, 1.165) is 0 Å². The number of ether oxygens (including phenoxy) is 2. The number of benzene rings is 1. The van der Waals surface area contributed by atoms with Crippen LogP contribution in [0.4, 0.5) is 10.3 Å². The van der Waals surface area contributed by atoms with Gasteiger partial charge in [-0.1, -0.05) is 0 Å². The van der Waals surface area contributed by atoms with E-state index in [9.17, 15) is 9.18 Å². The first kappa shape index (κ1) is 19.5. The molecule has 154 valence electrons. The summed E-state index contributed by atoms with van der Waals surface area (Å²) in [6.07, 6.45) is 3.29. The summed E-state index contributed by atoms with van der Waals surface area (Å²) >= 11 is 0. The van der Waals surface area contributed by atoms with Gasteiger partial charge >= 0.3 is 0 Å². The summed E-state index contributed by atoms with van der Waals surface area (Å²) < 4.78 is 24.8. The van der Waals surface area contributed by atoms with Crippen molar-refractivity contribution < 1.29 is 18.7 Å². The predicted octanol–water partition coefficient (Wildman–Crippen LogP) is 2.01. The van der Waals surface area contributed by atoms with E-state index in [4.69, 9.17) is 15.2 Å². The number of methoxy groups -OCH3 is 2. The number of halogens is 1. The molecule has 0 bridgehead atoms. The van der Waals surface area contributed by atoms with Crippen molar-refractivity contribution in [1.29, 1.82) is 0 Å². The average Bonchev–Trinajstić information content (AvgIpc) is 2.72. The Morgan fingerprint density at radius 2 is 1.97 bits per heavy atom. The number of carbonyl (C=O) groups is 1. The average molecular weight is 410 g/mol. The molecule has 3 heterocycles. The zero-order valence-corrected chi connectivity index (χ0v) is 16.6. The third kappa shape index (κ3) is 3.36. The number of aromatic nitrogens is 4. The highest BCUT2D eigenvalue weighted by Gasteiger charge is 2.31. The number of rotatable bonds is 4. The molecule has 0 saturated heterocycles. The highest BCUT2D eigenvalue weighted by molar-refractivity contribution is 5.98. The summed E-state index contributed by atoms with van der Waals surface area (Å²) in [4.78, 5) is 29.5. The van der Waals surface area contributed by atoms with Crippen molar-refractivity contribution in [3.63, 3.8) is 0 Å². The van der Waals surface area contributed by atoms with E-state index in [-0.39, 0.29) is 23.5 Å². The maximum Gasteiger partial charge on any atom is 0.255 e. The fourth-order valence-electron chi connectivity index (χ4n) is 3.57. The van der Waals surface area contributed by atoms with E-state index in [0.29, 0.717) is 40.2 Å². The van der Waals surface area contributed by atoms with Crippen LogP contribution in [0.2, 0.25) is 0 Å². The number of nitrogens with zero attached hydrogens (tertiary/aromatic N) is 4. The third-order valence-corrected chi connectivity index (χ3v) is 4.91. The van der Waals surface area contributed by atoms with Crippen LogP contribution in [0.5, 0.6) is 11.6 Å². The summed E-state index contributed by atoms with van der Waals surface area (Å²) in [5.74, 6) is -0.474. The normalized spacial score (nSPS) is 15.3. The Labute approximate surface area is 171 Å². The lowest BCUT2D eigenvalue weighted by molar-refractivity contribution is 0.0922. The number of hydrogen-bond acceptors (Lipinski definition) is 8. The standard InChI is InChI=1S/C20H19FN6O3/c1-9-18-14(27-20(22)24-9)6-13(26-19(18)28)11-5-16(29-2)12(21)4-10(11)15-7-23-8-17(25-15)30-3/h4-5,7-8,13H,6H2,1-3H3,(H,26,28)(H2,22,24,27). The lowest BCUT2D eigenvalue weighted by Gasteiger charge is -2.28. The molecule has 0 saturated carbocycles. The molecule has 1 aromatic carbocycles. The van der Waals surface area contributed by atoms with Gasteiger partial charge in [0.2, 0.25) is 11.8 Å². The van der Waals surface area contributed by atoms with Crippen LogP contribution in [-0.4, -0.2) is 40.1 Å². The second kappa shape index (κ2) is 7.54. The highest BCUT2D eigenvalue weighted by atomic mass is 19.1. The summed E-state index contributed by atoms with van der Waals surface area (Å²) in [6.45, 7) is 1.70. The van der Waals surface area contributed by atoms with Crippen molar-refractivity contribution in [2.24, 2.45) is 0 Å². The molecule has 2 aromatic heterocycles. The first-order valence-corrected chi connectivity index (χ1v) is 9.09. The quantitative estimate of drug-likeness (QED) is 0.669. The Morgan fingerprint density at radius 3 is 2.70 bits per heavy atom. The molecule has 1 amide bonds. The van der Waals surface area contributed by atoms with Gasteiger partial charge in [-0.05, 0) is 24.6 Å². The van der Waals surface area contributed by atoms with Crippen molar-refractivity contribution >= 4 is 11.9 Å². The molecule has 0 fully saturated rings. The van der Waals surface area contributed by atoms with Crippen molar-refractivity contribution in [1.82, 2.24) is 25.3 Å². The van der Waals surface area contributed by atoms with Gasteiger partial charge < -0.3 is 20.5 Å². The molecule has 0 radical (unpaired) electrons. The zero-order chi connectivity index (χ0) is 21.4. The molecule has 1 aliphatic rings. The molecular weight excluding hydrogens is 391 g/mol. The first-order chi connectivity index (χ1) is 14.4. The molecule has 0 spiro atoms. The Hall–Kier alpha value is -3.82. The molecule has 1 atom stereocenters. The second-order valence-corrected chi connectivity index (χ2v) is 6.74. The number of anilines is 1. The molecule has 3 aromatic rings. The number of nitrogens with two attached hydrogens (primary N) is 1. The minimum absolute atomic E-state index is 0.0445. The number of amides is 1. The van der Waals surface area contributed by atoms with Gasteiger partial charge in [0.05, 0.1) is 55.3 Å². The minimum Gasteiger partial charge on any atom is -0.494 e. The number of nitrogen functional groups attached to an aromatic ring is 1. The van der Waals surface area contributed by atoms with Crippen molar-refractivity contribution in [3.05, 3.63) is 52.9 Å². The van der Waals surface area contributed by atoms with Crippen LogP contribution < -0.4 is 20.5 Å². The summed E-state index contributed by atoms with van der Waals surface area (Å²) in [7, 11) is 2.84. The topological polar surface area (TPSA) is 125 Å². The molecule has 1 unspecified atom stereocenters. The Balaban J connectivity index is 1.86. The molecule has 1 aliphatic heterocycles. The number of fused-ring (bicyclic) bond motifs is 1. The van der Waals surface area contributed by atoms with Gasteiger partial charge in [-0.2, -0.15) is 0 Å². The molecule has 30 heavy (non-hydrogen) atoms. The minimum atomic E-state index is -0.564. The Morgan fingerprint density at radius 1 is 1.17 bits per heavy atom. The largest absolute Gasteiger partial charge is 0.494 e. The lowest BCUT2D eigenvalue weighted by atomic mass is 9.90. The molecular formula is C20H19FN6O3. The van der Waals surface area contributed by atoms with Crippen LogP contribution >= 0.6 is 0 Å². The second-order valence-electron chi connectivity index (χ2n) is 6.74. The van der Waals surface area contributed by atoms with Crippen molar-refractivity contribution in [2.75, 3.05) is 20.0 Å². The van der Waals surface area contributed by atoms with Gasteiger partial charge in [-0.3, -0.25) is 9.78 Å². The van der Waals surface area contributed by atoms with E-state index >= 15 is 0 Å². The van der Waals surface area contributed by atoms with Gasteiger partial charge in [-0.15, -0.1) is 0 Å². The zero-order valence-electron chi connectivity index (χ0n) is 16.6. The number of hydrogen-bond donors (Lipinski definition) is 2. The third-order valence-electron chi connectivity index (χ3n) is 4.91. The predicted molar refractivity (Wildman–Crippen MR) is 106 cm³/mol. The monoisotopic (exact) mass is 410 g/mol. The number of nitrogens with one attached hydrogen (secondary N) is 1. The molecule has 10 heteroatoms. The molecule has 0 aliphatic carbocycles. The SMILES string of the molecule is COc1cncc(-c2cc(F)c(OC)cc2C2Cc3nc(N)nc(C)c3C(=O)N2)n1. The van der Waals surface area contributed by atoms with Crippen LogP contribution in [-0.2, 0) is 6.42 Å². The van der Waals surface area contributed by atoms with Gasteiger partial charge in [0.15, 0.2) is 11.6 Å². The molecule has 3 N–H and O–H groups in total. The molecule has 4 rings (SSSR count). The number of aryl methyl sites for hydroxylation is 1.